The molecule has 0 spiro atoms. The molecule has 0 bridgehead atoms. The van der Waals surface area contributed by atoms with Crippen molar-refractivity contribution in [2.45, 2.75) is 13.5 Å². The van der Waals surface area contributed by atoms with E-state index in [4.69, 9.17) is 0 Å². The Kier molecular flexibility index (Phi) is 4.46. The minimum absolute atomic E-state index is 0.242. The summed E-state index contributed by atoms with van der Waals surface area (Å²) in [6.45, 7) is 2.80. The average Bonchev–Trinajstić information content (AvgIpc) is 2.92. The summed E-state index contributed by atoms with van der Waals surface area (Å²) in [5, 5.41) is 5.63. The number of nitrogens with one attached hydrogen (secondary N) is 2. The van der Waals surface area contributed by atoms with Crippen LogP contribution in [0.25, 0.3) is 0 Å². The molecule has 0 aliphatic rings. The van der Waals surface area contributed by atoms with Crippen LogP contribution in [-0.4, -0.2) is 17.4 Å². The Labute approximate surface area is 114 Å². The molecular weight excluding hydrogens is 265 g/mol. The highest BCUT2D eigenvalue weighted by Crippen LogP contribution is 2.19. The molecule has 19 heavy (non-hydrogen) atoms. The first-order valence-corrected chi connectivity index (χ1v) is 6.78. The maximum absolute atomic E-state index is 13.7. The van der Waals surface area contributed by atoms with Crippen molar-refractivity contribution in [3.63, 3.8) is 0 Å². The van der Waals surface area contributed by atoms with Crippen molar-refractivity contribution in [2.24, 2.45) is 0 Å². The third-order valence-corrected chi connectivity index (χ3v) is 3.30. The normalized spacial score (nSPS) is 10.2. The van der Waals surface area contributed by atoms with Gasteiger partial charge in [0.15, 0.2) is 0 Å². The lowest BCUT2D eigenvalue weighted by molar-refractivity contribution is 0.0951. The zero-order chi connectivity index (χ0) is 13.7. The van der Waals surface area contributed by atoms with Crippen molar-refractivity contribution in [1.29, 1.82) is 0 Å². The number of nitrogens with zero attached hydrogens (tertiary/aromatic N) is 1. The summed E-state index contributed by atoms with van der Waals surface area (Å²) in [4.78, 5) is 16.9. The summed E-state index contributed by atoms with van der Waals surface area (Å²) in [7, 11) is 0. The molecule has 1 heterocycles. The second-order valence-electron chi connectivity index (χ2n) is 3.84. The van der Waals surface area contributed by atoms with Crippen LogP contribution in [0.5, 0.6) is 0 Å². The minimum atomic E-state index is -0.424. The van der Waals surface area contributed by atoms with E-state index in [9.17, 15) is 9.18 Å². The SMILES string of the molecule is CCNc1c(F)cccc1C(=O)NCc1cncs1. The Morgan fingerprint density at radius 3 is 3.00 bits per heavy atom. The zero-order valence-corrected chi connectivity index (χ0v) is 11.3. The Hall–Kier alpha value is -1.95. The molecular formula is C13H14FN3OS. The molecule has 6 heteroatoms. The van der Waals surface area contributed by atoms with Crippen molar-refractivity contribution in [1.82, 2.24) is 10.3 Å². The van der Waals surface area contributed by atoms with Crippen LogP contribution in [0.15, 0.2) is 29.9 Å². The second kappa shape index (κ2) is 6.29. The Morgan fingerprint density at radius 2 is 2.32 bits per heavy atom. The number of hydrogen-bond acceptors (Lipinski definition) is 4. The van der Waals surface area contributed by atoms with Crippen molar-refractivity contribution in [3.05, 3.63) is 46.2 Å². The maximum Gasteiger partial charge on any atom is 0.253 e. The van der Waals surface area contributed by atoms with Gasteiger partial charge in [-0.05, 0) is 19.1 Å². The van der Waals surface area contributed by atoms with E-state index < -0.39 is 5.82 Å². The fourth-order valence-electron chi connectivity index (χ4n) is 1.66. The van der Waals surface area contributed by atoms with Gasteiger partial charge in [-0.2, -0.15) is 0 Å². The molecule has 0 fully saturated rings. The standard InChI is InChI=1S/C13H14FN3OS/c1-2-16-12-10(4-3-5-11(12)14)13(18)17-7-9-6-15-8-19-9/h3-6,8,16H,2,7H2,1H3,(H,17,18). The molecule has 0 unspecified atom stereocenters. The highest BCUT2D eigenvalue weighted by atomic mass is 32.1. The van der Waals surface area contributed by atoms with Gasteiger partial charge in [-0.15, -0.1) is 11.3 Å². The molecule has 1 aromatic carbocycles. The van der Waals surface area contributed by atoms with Gasteiger partial charge in [-0.3, -0.25) is 9.78 Å². The Morgan fingerprint density at radius 1 is 1.47 bits per heavy atom. The lowest BCUT2D eigenvalue weighted by atomic mass is 10.1. The molecule has 2 rings (SSSR count). The third-order valence-electron chi connectivity index (χ3n) is 2.52. The zero-order valence-electron chi connectivity index (χ0n) is 10.4. The van der Waals surface area contributed by atoms with E-state index >= 15 is 0 Å². The van der Waals surface area contributed by atoms with Crippen LogP contribution < -0.4 is 10.6 Å². The van der Waals surface area contributed by atoms with E-state index in [0.717, 1.165) is 4.88 Å². The number of rotatable bonds is 5. The van der Waals surface area contributed by atoms with Crippen molar-refractivity contribution < 1.29 is 9.18 Å². The second-order valence-corrected chi connectivity index (χ2v) is 4.81. The topological polar surface area (TPSA) is 54.0 Å². The molecule has 0 aliphatic carbocycles. The van der Waals surface area contributed by atoms with Gasteiger partial charge in [-0.1, -0.05) is 6.07 Å². The molecule has 0 atom stereocenters. The summed E-state index contributed by atoms with van der Waals surface area (Å²) < 4.78 is 13.7. The summed E-state index contributed by atoms with van der Waals surface area (Å²) in [6.07, 6.45) is 1.70. The predicted octanol–water partition coefficient (Wildman–Crippen LogP) is 2.64. The van der Waals surface area contributed by atoms with Crippen LogP contribution >= 0.6 is 11.3 Å². The summed E-state index contributed by atoms with van der Waals surface area (Å²) in [6, 6.07) is 4.46. The predicted molar refractivity (Wildman–Crippen MR) is 73.8 cm³/mol. The molecule has 4 nitrogen and oxygen atoms in total. The van der Waals surface area contributed by atoms with Gasteiger partial charge in [0.05, 0.1) is 23.3 Å². The van der Waals surface area contributed by atoms with Crippen molar-refractivity contribution in [3.8, 4) is 0 Å². The van der Waals surface area contributed by atoms with Crippen LogP contribution in [0, 0.1) is 5.82 Å². The molecule has 0 saturated carbocycles. The number of benzene rings is 1. The first-order chi connectivity index (χ1) is 9.22. The van der Waals surface area contributed by atoms with Gasteiger partial charge in [0.2, 0.25) is 0 Å². The number of halogens is 1. The van der Waals surface area contributed by atoms with E-state index in [1.54, 1.807) is 17.8 Å². The molecule has 100 valence electrons. The summed E-state index contributed by atoms with van der Waals surface area (Å²) in [5.41, 5.74) is 2.26. The van der Waals surface area contributed by atoms with Gasteiger partial charge in [0.25, 0.3) is 5.91 Å². The number of thiazole rings is 1. The number of anilines is 1. The van der Waals surface area contributed by atoms with Crippen LogP contribution in [-0.2, 0) is 6.54 Å². The number of carbonyl (C=O) groups excluding carboxylic acids is 1. The Bertz CT molecular complexity index is 557. The number of amides is 1. The van der Waals surface area contributed by atoms with E-state index in [1.807, 2.05) is 6.92 Å². The van der Waals surface area contributed by atoms with Crippen LogP contribution in [0.2, 0.25) is 0 Å². The summed E-state index contributed by atoms with van der Waals surface area (Å²) in [5.74, 6) is -0.726. The first-order valence-electron chi connectivity index (χ1n) is 5.90. The van der Waals surface area contributed by atoms with Gasteiger partial charge < -0.3 is 10.6 Å². The molecule has 0 radical (unpaired) electrons. The maximum atomic E-state index is 13.7. The number of para-hydroxylation sites is 1. The van der Waals surface area contributed by atoms with E-state index in [2.05, 4.69) is 15.6 Å². The number of carbonyl (C=O) groups is 1. The molecule has 1 aromatic heterocycles. The molecule has 0 saturated heterocycles. The highest BCUT2D eigenvalue weighted by molar-refractivity contribution is 7.09. The largest absolute Gasteiger partial charge is 0.382 e. The lowest BCUT2D eigenvalue weighted by Crippen LogP contribution is -2.24. The van der Waals surface area contributed by atoms with Gasteiger partial charge >= 0.3 is 0 Å². The molecule has 2 aromatic rings. The third kappa shape index (κ3) is 3.29. The monoisotopic (exact) mass is 279 g/mol. The molecule has 2 N–H and O–H groups in total. The minimum Gasteiger partial charge on any atom is -0.382 e. The average molecular weight is 279 g/mol. The van der Waals surface area contributed by atoms with Crippen molar-refractivity contribution in [2.75, 3.05) is 11.9 Å². The number of hydrogen-bond donors (Lipinski definition) is 2. The number of aromatic nitrogens is 1. The lowest BCUT2D eigenvalue weighted by Gasteiger charge is -2.11. The van der Waals surface area contributed by atoms with Gasteiger partial charge in [0, 0.05) is 17.6 Å². The Balaban J connectivity index is 2.12. The fraction of sp³-hybridized carbons (Fsp3) is 0.231. The van der Waals surface area contributed by atoms with Crippen molar-refractivity contribution >= 4 is 22.9 Å². The summed E-state index contributed by atoms with van der Waals surface area (Å²) >= 11 is 1.46. The van der Waals surface area contributed by atoms with Gasteiger partial charge in [0.1, 0.15) is 5.82 Å². The smallest absolute Gasteiger partial charge is 0.253 e. The van der Waals surface area contributed by atoms with E-state index in [0.29, 0.717) is 18.7 Å². The van der Waals surface area contributed by atoms with Gasteiger partial charge in [-0.25, -0.2) is 4.39 Å². The molecule has 1 amide bonds. The van der Waals surface area contributed by atoms with E-state index in [1.165, 1.54) is 23.5 Å². The quantitative estimate of drug-likeness (QED) is 0.884. The first kappa shape index (κ1) is 13.5. The molecule has 0 aliphatic heterocycles. The van der Waals surface area contributed by atoms with Crippen LogP contribution in [0.3, 0.4) is 0 Å². The van der Waals surface area contributed by atoms with E-state index in [-0.39, 0.29) is 11.6 Å². The van der Waals surface area contributed by atoms with Crippen LogP contribution in [0.4, 0.5) is 10.1 Å². The highest BCUT2D eigenvalue weighted by Gasteiger charge is 2.14. The fourth-order valence-corrected chi connectivity index (χ4v) is 2.20. The van der Waals surface area contributed by atoms with Crippen LogP contribution in [0.1, 0.15) is 22.2 Å².